The van der Waals surface area contributed by atoms with Gasteiger partial charge in [0, 0.05) is 44.2 Å². The zero-order chi connectivity index (χ0) is 53.6. The molecule has 0 spiro atoms. The smallest absolute Gasteiger partial charge is 0.426 e. The van der Waals surface area contributed by atoms with Crippen molar-refractivity contribution in [1.82, 2.24) is 0 Å². The van der Waals surface area contributed by atoms with E-state index in [1.807, 2.05) is 0 Å². The summed E-state index contributed by atoms with van der Waals surface area (Å²) in [5.74, 6) is 1.53. The predicted octanol–water partition coefficient (Wildman–Crippen LogP) is 20.6. The molecule has 0 unspecified atom stereocenters. The summed E-state index contributed by atoms with van der Waals surface area (Å²) >= 11 is 0. The molecule has 392 valence electrons. The molecule has 6 rings (SSSR count). The molecule has 2 heterocycles. The van der Waals surface area contributed by atoms with E-state index in [0.717, 1.165) is 97.2 Å². The van der Waals surface area contributed by atoms with Crippen LogP contribution in [0.5, 0.6) is 11.5 Å². The standard InChI is InChI=1S/C63H94O6P2/c1-38-44(58(9,10)11)36-48(62(21,22)23)54(68-70-64-30-28-27-29-31-65-70)50(38)51-39(2)45(59(12,13)14)37-49(63(24,25)26)55(51)69-71-66-52-42(32-40(56(3,4)5)34-46(52)60(15,16)17)43-33-41(57(6,7)8)35-47(53(43)67-71)61(18,19)20/h32-37H,27-31H2,1-26H3. The van der Waals surface area contributed by atoms with E-state index in [4.69, 9.17) is 26.5 Å². The van der Waals surface area contributed by atoms with Gasteiger partial charge in [0.25, 0.3) is 0 Å². The van der Waals surface area contributed by atoms with Crippen LogP contribution >= 0.6 is 16.8 Å². The first kappa shape index (κ1) is 57.0. The van der Waals surface area contributed by atoms with Gasteiger partial charge < -0.3 is 26.5 Å². The van der Waals surface area contributed by atoms with E-state index in [2.05, 4.69) is 216 Å². The number of hydrogen-bond acceptors (Lipinski definition) is 6. The Balaban J connectivity index is 1.93. The first-order valence-corrected chi connectivity index (χ1v) is 28.6. The van der Waals surface area contributed by atoms with Crippen LogP contribution in [0.4, 0.5) is 0 Å². The summed E-state index contributed by atoms with van der Waals surface area (Å²) in [6.45, 7) is 60.9. The second kappa shape index (κ2) is 19.5. The van der Waals surface area contributed by atoms with Crippen molar-refractivity contribution in [2.24, 2.45) is 0 Å². The molecule has 0 radical (unpaired) electrons. The minimum absolute atomic E-state index is 0.126. The maximum atomic E-state index is 7.87. The summed E-state index contributed by atoms with van der Waals surface area (Å²) in [7, 11) is -3.87. The predicted molar refractivity (Wildman–Crippen MR) is 307 cm³/mol. The fourth-order valence-corrected chi connectivity index (χ4v) is 12.1. The quantitative estimate of drug-likeness (QED) is 0.164. The monoisotopic (exact) mass is 1010 g/mol. The van der Waals surface area contributed by atoms with Gasteiger partial charge in [-0.25, -0.2) is 0 Å². The van der Waals surface area contributed by atoms with Crippen LogP contribution in [0.25, 0.3) is 33.1 Å². The van der Waals surface area contributed by atoms with E-state index >= 15 is 0 Å². The van der Waals surface area contributed by atoms with Crippen molar-refractivity contribution in [1.29, 1.82) is 0 Å². The third-order valence-corrected chi connectivity index (χ3v) is 16.3. The lowest BCUT2D eigenvalue weighted by molar-refractivity contribution is 0.179. The number of rotatable bonds is 5. The van der Waals surface area contributed by atoms with Gasteiger partial charge in [-0.05, 0) is 122 Å². The summed E-state index contributed by atoms with van der Waals surface area (Å²) < 4.78 is 43.3. The summed E-state index contributed by atoms with van der Waals surface area (Å²) in [6.07, 6.45) is 3.03. The Labute approximate surface area is 433 Å². The molecule has 8 heteroatoms. The first-order valence-electron chi connectivity index (χ1n) is 26.5. The minimum atomic E-state index is -2.16. The van der Waals surface area contributed by atoms with Crippen molar-refractivity contribution in [3.63, 3.8) is 0 Å². The molecular weight excluding hydrogens is 915 g/mol. The first-order chi connectivity index (χ1) is 32.1. The average molecular weight is 1010 g/mol. The van der Waals surface area contributed by atoms with Gasteiger partial charge in [0.15, 0.2) is 0 Å². The number of benzene rings is 4. The second-order valence-corrected chi connectivity index (χ2v) is 31.1. The van der Waals surface area contributed by atoms with E-state index in [-0.39, 0.29) is 43.3 Å². The Morgan fingerprint density at radius 1 is 0.366 bits per heavy atom. The molecule has 71 heavy (non-hydrogen) atoms. The Kier molecular flexibility index (Phi) is 15.6. The van der Waals surface area contributed by atoms with Gasteiger partial charge in [0.1, 0.15) is 22.7 Å². The molecule has 1 aromatic heterocycles. The van der Waals surface area contributed by atoms with E-state index in [1.165, 1.54) is 22.3 Å². The average Bonchev–Trinajstić information content (AvgIpc) is 3.31. The summed E-state index contributed by atoms with van der Waals surface area (Å²) in [5.41, 5.74) is 13.4. The maximum Gasteiger partial charge on any atom is 0.453 e. The molecule has 0 bridgehead atoms. The summed E-state index contributed by atoms with van der Waals surface area (Å²) in [5, 5.41) is 2.08. The molecule has 0 saturated carbocycles. The van der Waals surface area contributed by atoms with Crippen molar-refractivity contribution >= 4 is 38.8 Å². The van der Waals surface area contributed by atoms with Crippen LogP contribution in [-0.4, -0.2) is 13.2 Å². The van der Waals surface area contributed by atoms with Gasteiger partial charge in [-0.1, -0.05) is 190 Å². The molecule has 0 N–H and O–H groups in total. The second-order valence-electron chi connectivity index (χ2n) is 28.9. The largest absolute Gasteiger partial charge is 0.453 e. The lowest BCUT2D eigenvalue weighted by atomic mass is 9.72. The SMILES string of the molecule is Cc1c(C(C)(C)C)cc(C(C)(C)C)c(OP2OCCCCCO2)c1-c1c(C)c(C(C)(C)C)cc(C(C)(C)C)c1Op1oc2c(C(C)(C)C)cc(C(C)(C)C)cc2c2cc(C(C)(C)C)cc(C(C)(C)C)c2o1. The van der Waals surface area contributed by atoms with Crippen LogP contribution in [-0.2, 0) is 52.4 Å². The van der Waals surface area contributed by atoms with Crippen molar-refractivity contribution < 1.29 is 26.5 Å². The van der Waals surface area contributed by atoms with Crippen molar-refractivity contribution in [2.75, 3.05) is 13.2 Å². The van der Waals surface area contributed by atoms with Crippen LogP contribution in [0.1, 0.15) is 241 Å². The highest BCUT2D eigenvalue weighted by Gasteiger charge is 2.38. The molecule has 0 aliphatic carbocycles. The van der Waals surface area contributed by atoms with Crippen LogP contribution in [0, 0.1) is 13.8 Å². The van der Waals surface area contributed by atoms with Gasteiger partial charge in [-0.3, -0.25) is 0 Å². The third-order valence-electron chi connectivity index (χ3n) is 14.2. The summed E-state index contributed by atoms with van der Waals surface area (Å²) in [6, 6.07) is 14.2. The van der Waals surface area contributed by atoms with Crippen molar-refractivity contribution in [2.45, 2.75) is 243 Å². The molecule has 6 nitrogen and oxygen atoms in total. The highest BCUT2D eigenvalue weighted by Crippen LogP contribution is 2.58. The highest BCUT2D eigenvalue weighted by atomic mass is 31.2. The minimum Gasteiger partial charge on any atom is -0.426 e. The Hall–Kier alpha value is -3.27. The van der Waals surface area contributed by atoms with Crippen LogP contribution < -0.4 is 9.05 Å². The topological polar surface area (TPSA) is 63.2 Å². The molecular formula is C63H94O6P2. The van der Waals surface area contributed by atoms with Gasteiger partial charge in [0.2, 0.25) is 0 Å². The fraction of sp³-hybridized carbons (Fsp3) is 0.619. The molecule has 0 amide bonds. The van der Waals surface area contributed by atoms with E-state index in [0.29, 0.717) is 13.2 Å². The van der Waals surface area contributed by atoms with Crippen LogP contribution in [0.2, 0.25) is 0 Å². The Morgan fingerprint density at radius 3 is 1.00 bits per heavy atom. The van der Waals surface area contributed by atoms with Crippen molar-refractivity contribution in [3.05, 3.63) is 92.0 Å². The van der Waals surface area contributed by atoms with Gasteiger partial charge in [0.05, 0.1) is 13.2 Å². The fourth-order valence-electron chi connectivity index (χ4n) is 9.92. The molecule has 0 atom stereocenters. The molecule has 1 saturated heterocycles. The van der Waals surface area contributed by atoms with Crippen molar-refractivity contribution in [3.8, 4) is 22.6 Å². The normalized spacial score (nSPS) is 15.6. The zero-order valence-electron chi connectivity index (χ0n) is 49.3. The van der Waals surface area contributed by atoms with Crippen LogP contribution in [0.15, 0.2) is 44.8 Å². The maximum absolute atomic E-state index is 7.87. The van der Waals surface area contributed by atoms with E-state index < -0.39 is 16.8 Å². The lowest BCUT2D eigenvalue weighted by Gasteiger charge is -2.35. The van der Waals surface area contributed by atoms with Gasteiger partial charge >= 0.3 is 16.8 Å². The Morgan fingerprint density at radius 2 is 0.690 bits per heavy atom. The number of hydrogen-bond donors (Lipinski definition) is 0. The van der Waals surface area contributed by atoms with Gasteiger partial charge in [-0.15, -0.1) is 0 Å². The summed E-state index contributed by atoms with van der Waals surface area (Å²) in [4.78, 5) is 0. The Bertz CT molecular complexity index is 2720. The molecule has 1 aliphatic rings. The number of fused-ring (bicyclic) bond motifs is 3. The molecule has 1 aliphatic heterocycles. The molecule has 1 fully saturated rings. The van der Waals surface area contributed by atoms with E-state index in [9.17, 15) is 0 Å². The zero-order valence-corrected chi connectivity index (χ0v) is 51.1. The molecule has 5 aromatic rings. The highest BCUT2D eigenvalue weighted by molar-refractivity contribution is 7.42. The van der Waals surface area contributed by atoms with E-state index in [1.54, 1.807) is 0 Å². The lowest BCUT2D eigenvalue weighted by Crippen LogP contribution is -2.22. The molecule has 4 aromatic carbocycles. The van der Waals surface area contributed by atoms with Gasteiger partial charge in [-0.2, -0.15) is 0 Å². The van der Waals surface area contributed by atoms with Crippen LogP contribution in [0.3, 0.4) is 0 Å². The third kappa shape index (κ3) is 12.3.